The summed E-state index contributed by atoms with van der Waals surface area (Å²) in [6, 6.07) is 4.41. The first-order valence-electron chi connectivity index (χ1n) is 4.72. The molecule has 6 heteroatoms. The van der Waals surface area contributed by atoms with Gasteiger partial charge in [0.2, 0.25) is 5.91 Å². The topological polar surface area (TPSA) is 83.5 Å². The van der Waals surface area contributed by atoms with E-state index in [0.29, 0.717) is 5.56 Å². The molecule has 1 amide bonds. The summed E-state index contributed by atoms with van der Waals surface area (Å²) < 4.78 is 31.2. The molecule has 0 radical (unpaired) electrons. The molecular weight excluding hydrogens is 230 g/mol. The van der Waals surface area contributed by atoms with Crippen LogP contribution in [-0.2, 0) is 14.9 Å². The van der Waals surface area contributed by atoms with E-state index in [4.69, 9.17) is 4.55 Å². The third-order valence-corrected chi connectivity index (χ3v) is 2.90. The van der Waals surface area contributed by atoms with Gasteiger partial charge in [0, 0.05) is 6.42 Å². The van der Waals surface area contributed by atoms with Gasteiger partial charge in [0.25, 0.3) is 10.1 Å². The molecule has 0 aliphatic carbocycles. The van der Waals surface area contributed by atoms with Crippen LogP contribution in [0.5, 0.6) is 0 Å². The third kappa shape index (κ3) is 3.04. The van der Waals surface area contributed by atoms with Gasteiger partial charge in [0.15, 0.2) is 0 Å². The Labute approximate surface area is 94.2 Å². The Morgan fingerprint density at radius 2 is 2.06 bits per heavy atom. The lowest BCUT2D eigenvalue weighted by molar-refractivity contribution is -0.115. The molecule has 16 heavy (non-hydrogen) atoms. The van der Waals surface area contributed by atoms with Crippen LogP contribution in [0.25, 0.3) is 0 Å². The summed E-state index contributed by atoms with van der Waals surface area (Å²) in [6.07, 6.45) is 0.235. The lowest BCUT2D eigenvalue weighted by Gasteiger charge is -2.08. The van der Waals surface area contributed by atoms with Crippen LogP contribution in [0.1, 0.15) is 18.9 Å². The maximum atomic E-state index is 11.2. The van der Waals surface area contributed by atoms with Gasteiger partial charge in [-0.15, -0.1) is 0 Å². The first-order valence-corrected chi connectivity index (χ1v) is 6.16. The predicted octanol–water partition coefficient (Wildman–Crippen LogP) is 1.59. The lowest BCUT2D eigenvalue weighted by atomic mass is 10.2. The summed E-state index contributed by atoms with van der Waals surface area (Å²) in [7, 11) is -4.32. The van der Waals surface area contributed by atoms with Crippen molar-refractivity contribution in [2.24, 2.45) is 0 Å². The van der Waals surface area contributed by atoms with Crippen molar-refractivity contribution >= 4 is 21.7 Å². The highest BCUT2D eigenvalue weighted by molar-refractivity contribution is 7.86. The van der Waals surface area contributed by atoms with Crippen molar-refractivity contribution in [1.82, 2.24) is 0 Å². The molecule has 0 aliphatic heterocycles. The zero-order chi connectivity index (χ0) is 12.3. The number of amides is 1. The number of hydrogen-bond acceptors (Lipinski definition) is 3. The van der Waals surface area contributed by atoms with E-state index in [-0.39, 0.29) is 22.9 Å². The maximum absolute atomic E-state index is 11.2. The van der Waals surface area contributed by atoms with Crippen LogP contribution in [0.3, 0.4) is 0 Å². The summed E-state index contributed by atoms with van der Waals surface area (Å²) in [5.41, 5.74) is 0.780. The van der Waals surface area contributed by atoms with E-state index in [1.165, 1.54) is 12.1 Å². The minimum absolute atomic E-state index is 0.0972. The molecule has 0 heterocycles. The summed E-state index contributed by atoms with van der Waals surface area (Å²) >= 11 is 0. The third-order valence-electron chi connectivity index (χ3n) is 2.01. The zero-order valence-electron chi connectivity index (χ0n) is 9.02. The van der Waals surface area contributed by atoms with Gasteiger partial charge in [-0.1, -0.05) is 13.0 Å². The van der Waals surface area contributed by atoms with Crippen LogP contribution >= 0.6 is 0 Å². The van der Waals surface area contributed by atoms with E-state index in [9.17, 15) is 13.2 Å². The van der Waals surface area contributed by atoms with Gasteiger partial charge in [-0.05, 0) is 24.6 Å². The van der Waals surface area contributed by atoms with Crippen LogP contribution in [0, 0.1) is 6.92 Å². The van der Waals surface area contributed by atoms with E-state index in [0.717, 1.165) is 0 Å². The quantitative estimate of drug-likeness (QED) is 0.790. The highest BCUT2D eigenvalue weighted by Gasteiger charge is 2.16. The monoisotopic (exact) mass is 243 g/mol. The van der Waals surface area contributed by atoms with Crippen LogP contribution in [0.15, 0.2) is 23.1 Å². The van der Waals surface area contributed by atoms with E-state index < -0.39 is 10.1 Å². The Morgan fingerprint density at radius 3 is 2.56 bits per heavy atom. The number of rotatable bonds is 3. The average molecular weight is 243 g/mol. The molecule has 0 saturated carbocycles. The molecule has 0 bridgehead atoms. The standard InChI is InChI=1S/C10H13NO4S/c1-3-10(12)11-8-5-4-7(2)6-9(8)16(13,14)15/h4-6H,3H2,1-2H3,(H,11,12)(H,13,14,15). The second kappa shape index (κ2) is 4.63. The molecule has 1 aromatic carbocycles. The van der Waals surface area contributed by atoms with Crippen molar-refractivity contribution in [2.75, 3.05) is 5.32 Å². The van der Waals surface area contributed by atoms with Gasteiger partial charge >= 0.3 is 0 Å². The van der Waals surface area contributed by atoms with E-state index >= 15 is 0 Å². The first kappa shape index (κ1) is 12.7. The van der Waals surface area contributed by atoms with Crippen molar-refractivity contribution in [3.8, 4) is 0 Å². The largest absolute Gasteiger partial charge is 0.325 e. The van der Waals surface area contributed by atoms with Crippen molar-refractivity contribution in [3.05, 3.63) is 23.8 Å². The highest BCUT2D eigenvalue weighted by Crippen LogP contribution is 2.22. The number of carbonyl (C=O) groups excluding carboxylic acids is 1. The van der Waals surface area contributed by atoms with Gasteiger partial charge in [-0.2, -0.15) is 8.42 Å². The van der Waals surface area contributed by atoms with Gasteiger partial charge in [0.1, 0.15) is 4.90 Å². The maximum Gasteiger partial charge on any atom is 0.296 e. The summed E-state index contributed by atoms with van der Waals surface area (Å²) in [4.78, 5) is 10.9. The number of benzene rings is 1. The zero-order valence-corrected chi connectivity index (χ0v) is 9.84. The van der Waals surface area contributed by atoms with Gasteiger partial charge in [0.05, 0.1) is 5.69 Å². The van der Waals surface area contributed by atoms with Crippen molar-refractivity contribution < 1.29 is 17.8 Å². The molecule has 0 aliphatic rings. The fourth-order valence-electron chi connectivity index (χ4n) is 1.18. The Hall–Kier alpha value is -1.40. The Bertz CT molecular complexity index is 508. The summed E-state index contributed by atoms with van der Waals surface area (Å²) in [5, 5.41) is 2.42. The number of aryl methyl sites for hydroxylation is 1. The summed E-state index contributed by atoms with van der Waals surface area (Å²) in [5.74, 6) is -0.311. The van der Waals surface area contributed by atoms with Gasteiger partial charge < -0.3 is 5.32 Å². The number of carbonyl (C=O) groups is 1. The molecule has 0 saturated heterocycles. The molecule has 0 unspecified atom stereocenters. The minimum Gasteiger partial charge on any atom is -0.325 e. The van der Waals surface area contributed by atoms with E-state index in [1.807, 2.05) is 0 Å². The van der Waals surface area contributed by atoms with E-state index in [2.05, 4.69) is 5.32 Å². The molecule has 2 N–H and O–H groups in total. The minimum atomic E-state index is -4.32. The SMILES string of the molecule is CCC(=O)Nc1ccc(C)cc1S(=O)(=O)O. The molecule has 0 aromatic heterocycles. The lowest BCUT2D eigenvalue weighted by Crippen LogP contribution is -2.13. The summed E-state index contributed by atoms with van der Waals surface area (Å²) in [6.45, 7) is 3.34. The number of anilines is 1. The molecule has 0 atom stereocenters. The van der Waals surface area contributed by atoms with Crippen molar-refractivity contribution in [2.45, 2.75) is 25.2 Å². The van der Waals surface area contributed by atoms with Crippen LogP contribution < -0.4 is 5.32 Å². The van der Waals surface area contributed by atoms with Gasteiger partial charge in [-0.3, -0.25) is 9.35 Å². The van der Waals surface area contributed by atoms with Crippen LogP contribution in [0.2, 0.25) is 0 Å². The first-order chi connectivity index (χ1) is 7.34. The predicted molar refractivity (Wildman–Crippen MR) is 59.9 cm³/mol. The van der Waals surface area contributed by atoms with Crippen LogP contribution in [-0.4, -0.2) is 18.9 Å². The Balaban J connectivity index is 3.24. The highest BCUT2D eigenvalue weighted by atomic mass is 32.2. The molecule has 5 nitrogen and oxygen atoms in total. The smallest absolute Gasteiger partial charge is 0.296 e. The molecule has 1 aromatic rings. The Morgan fingerprint density at radius 1 is 1.44 bits per heavy atom. The van der Waals surface area contributed by atoms with Crippen molar-refractivity contribution in [3.63, 3.8) is 0 Å². The second-order valence-electron chi connectivity index (χ2n) is 3.38. The van der Waals surface area contributed by atoms with E-state index in [1.54, 1.807) is 19.9 Å². The second-order valence-corrected chi connectivity index (χ2v) is 4.77. The molecule has 88 valence electrons. The molecule has 0 fully saturated rings. The molecule has 1 rings (SSSR count). The fourth-order valence-corrected chi connectivity index (χ4v) is 1.92. The molecular formula is C10H13NO4S. The average Bonchev–Trinajstić information content (AvgIpc) is 2.19. The Kier molecular flexibility index (Phi) is 3.66. The fraction of sp³-hybridized carbons (Fsp3) is 0.300. The number of hydrogen-bond donors (Lipinski definition) is 2. The van der Waals surface area contributed by atoms with Crippen molar-refractivity contribution in [1.29, 1.82) is 0 Å². The van der Waals surface area contributed by atoms with Crippen LogP contribution in [0.4, 0.5) is 5.69 Å². The normalized spacial score (nSPS) is 11.2. The molecule has 0 spiro atoms. The van der Waals surface area contributed by atoms with Gasteiger partial charge in [-0.25, -0.2) is 0 Å². The number of nitrogens with one attached hydrogen (secondary N) is 1.